The minimum Gasteiger partial charge on any atom is -0.495 e. The Balaban J connectivity index is 1.50. The number of rotatable bonds is 6. The van der Waals surface area contributed by atoms with Crippen molar-refractivity contribution >= 4 is 11.7 Å². The second kappa shape index (κ2) is 7.65. The summed E-state index contributed by atoms with van der Waals surface area (Å²) in [7, 11) is 1.59. The summed E-state index contributed by atoms with van der Waals surface area (Å²) in [5.74, 6) is 0.653. The first-order chi connectivity index (χ1) is 12.2. The standard InChI is InChI=1S/C18H21N5O2/c1-13(15-7-8-19-11-16(15)25-2)21-18(24)20-9-6-14-12-23-10-4-3-5-17(23)22-14/h3-5,7-8,10-13H,6,9H2,1-2H3,(H2,20,21,24)/t13-/m1/s1. The normalized spacial score (nSPS) is 11.9. The average Bonchev–Trinajstić information content (AvgIpc) is 3.04. The SMILES string of the molecule is COc1cnccc1[C@@H](C)NC(=O)NCCc1cn2ccccc2n1. The lowest BCUT2D eigenvalue weighted by atomic mass is 10.1. The highest BCUT2D eigenvalue weighted by atomic mass is 16.5. The highest BCUT2D eigenvalue weighted by Crippen LogP contribution is 2.22. The molecule has 0 saturated heterocycles. The van der Waals surface area contributed by atoms with E-state index in [-0.39, 0.29) is 12.1 Å². The second-order valence-corrected chi connectivity index (χ2v) is 5.69. The van der Waals surface area contributed by atoms with E-state index in [1.807, 2.05) is 48.0 Å². The molecule has 3 aromatic heterocycles. The van der Waals surface area contributed by atoms with Crippen molar-refractivity contribution in [3.05, 3.63) is 60.3 Å². The lowest BCUT2D eigenvalue weighted by Gasteiger charge is -2.17. The van der Waals surface area contributed by atoms with Crippen LogP contribution in [0.5, 0.6) is 5.75 Å². The summed E-state index contributed by atoms with van der Waals surface area (Å²) in [6.45, 7) is 2.41. The van der Waals surface area contributed by atoms with Crippen LogP contribution >= 0.6 is 0 Å². The molecule has 0 aliphatic heterocycles. The Kier molecular flexibility index (Phi) is 5.13. The number of amides is 2. The number of imidazole rings is 1. The maximum atomic E-state index is 12.1. The molecular weight excluding hydrogens is 318 g/mol. The lowest BCUT2D eigenvalue weighted by Crippen LogP contribution is -2.38. The van der Waals surface area contributed by atoms with E-state index in [1.165, 1.54) is 0 Å². The zero-order valence-corrected chi connectivity index (χ0v) is 14.3. The van der Waals surface area contributed by atoms with Gasteiger partial charge in [0.1, 0.15) is 11.4 Å². The molecule has 3 rings (SSSR count). The molecular formula is C18H21N5O2. The smallest absolute Gasteiger partial charge is 0.315 e. The number of ether oxygens (including phenoxy) is 1. The molecule has 130 valence electrons. The lowest BCUT2D eigenvalue weighted by molar-refractivity contribution is 0.238. The van der Waals surface area contributed by atoms with Crippen LogP contribution in [0.15, 0.2) is 49.1 Å². The van der Waals surface area contributed by atoms with E-state index in [1.54, 1.807) is 19.5 Å². The van der Waals surface area contributed by atoms with E-state index < -0.39 is 0 Å². The van der Waals surface area contributed by atoms with Crippen molar-refractivity contribution < 1.29 is 9.53 Å². The van der Waals surface area contributed by atoms with Gasteiger partial charge in [0, 0.05) is 37.1 Å². The Morgan fingerprint density at radius 3 is 3.04 bits per heavy atom. The van der Waals surface area contributed by atoms with Crippen molar-refractivity contribution in [2.24, 2.45) is 0 Å². The molecule has 3 aromatic rings. The van der Waals surface area contributed by atoms with Crippen LogP contribution in [0.25, 0.3) is 5.65 Å². The van der Waals surface area contributed by atoms with Gasteiger partial charge in [0.15, 0.2) is 0 Å². The molecule has 3 heterocycles. The first-order valence-corrected chi connectivity index (χ1v) is 8.12. The highest BCUT2D eigenvalue weighted by Gasteiger charge is 2.13. The predicted molar refractivity (Wildman–Crippen MR) is 94.6 cm³/mol. The van der Waals surface area contributed by atoms with Crippen molar-refractivity contribution in [3.8, 4) is 5.75 Å². The monoisotopic (exact) mass is 339 g/mol. The number of fused-ring (bicyclic) bond motifs is 1. The molecule has 0 aliphatic rings. The van der Waals surface area contributed by atoms with Gasteiger partial charge in [-0.05, 0) is 25.1 Å². The Morgan fingerprint density at radius 1 is 1.36 bits per heavy atom. The number of carbonyl (C=O) groups excluding carboxylic acids is 1. The largest absolute Gasteiger partial charge is 0.495 e. The zero-order chi connectivity index (χ0) is 17.6. The van der Waals surface area contributed by atoms with E-state index in [0.717, 1.165) is 16.9 Å². The van der Waals surface area contributed by atoms with Crippen LogP contribution in [-0.2, 0) is 6.42 Å². The number of carbonyl (C=O) groups is 1. The third kappa shape index (κ3) is 4.06. The number of aromatic nitrogens is 3. The van der Waals surface area contributed by atoms with Crippen molar-refractivity contribution in [1.29, 1.82) is 0 Å². The Labute approximate surface area is 146 Å². The topological polar surface area (TPSA) is 80.5 Å². The molecule has 0 bridgehead atoms. The molecule has 25 heavy (non-hydrogen) atoms. The first kappa shape index (κ1) is 16.8. The summed E-state index contributed by atoms with van der Waals surface area (Å²) in [5.41, 5.74) is 2.73. The quantitative estimate of drug-likeness (QED) is 0.722. The van der Waals surface area contributed by atoms with Crippen LogP contribution in [0.2, 0.25) is 0 Å². The number of nitrogens with zero attached hydrogens (tertiary/aromatic N) is 3. The van der Waals surface area contributed by atoms with Crippen LogP contribution in [0.3, 0.4) is 0 Å². The maximum Gasteiger partial charge on any atom is 0.315 e. The van der Waals surface area contributed by atoms with Crippen molar-refractivity contribution in [3.63, 3.8) is 0 Å². The van der Waals surface area contributed by atoms with Gasteiger partial charge in [-0.15, -0.1) is 0 Å². The van der Waals surface area contributed by atoms with Gasteiger partial charge in [0.25, 0.3) is 0 Å². The zero-order valence-electron chi connectivity index (χ0n) is 14.3. The van der Waals surface area contributed by atoms with E-state index in [2.05, 4.69) is 20.6 Å². The molecule has 2 N–H and O–H groups in total. The van der Waals surface area contributed by atoms with Gasteiger partial charge >= 0.3 is 6.03 Å². The third-order valence-electron chi connectivity index (χ3n) is 3.93. The van der Waals surface area contributed by atoms with Gasteiger partial charge in [0.05, 0.1) is 25.0 Å². The third-order valence-corrected chi connectivity index (χ3v) is 3.93. The van der Waals surface area contributed by atoms with Crippen molar-refractivity contribution in [2.45, 2.75) is 19.4 Å². The maximum absolute atomic E-state index is 12.1. The fourth-order valence-electron chi connectivity index (χ4n) is 2.66. The van der Waals surface area contributed by atoms with E-state index in [0.29, 0.717) is 18.7 Å². The Bertz CT molecular complexity index is 828. The molecule has 2 amide bonds. The van der Waals surface area contributed by atoms with Crippen LogP contribution in [-0.4, -0.2) is 34.1 Å². The number of urea groups is 1. The van der Waals surface area contributed by atoms with Gasteiger partial charge in [0.2, 0.25) is 0 Å². The molecule has 0 spiro atoms. The van der Waals surface area contributed by atoms with E-state index in [4.69, 9.17) is 4.74 Å². The minimum absolute atomic E-state index is 0.187. The Morgan fingerprint density at radius 2 is 2.24 bits per heavy atom. The van der Waals surface area contributed by atoms with Crippen molar-refractivity contribution in [1.82, 2.24) is 25.0 Å². The van der Waals surface area contributed by atoms with Crippen LogP contribution in [0, 0.1) is 0 Å². The predicted octanol–water partition coefficient (Wildman–Crippen LogP) is 2.34. The molecule has 0 saturated carbocycles. The summed E-state index contributed by atoms with van der Waals surface area (Å²) < 4.78 is 7.24. The number of nitrogens with one attached hydrogen (secondary N) is 2. The average molecular weight is 339 g/mol. The van der Waals surface area contributed by atoms with Crippen LogP contribution < -0.4 is 15.4 Å². The number of methoxy groups -OCH3 is 1. The summed E-state index contributed by atoms with van der Waals surface area (Å²) >= 11 is 0. The summed E-state index contributed by atoms with van der Waals surface area (Å²) in [5, 5.41) is 5.76. The molecule has 0 aliphatic carbocycles. The molecule has 1 atom stereocenters. The first-order valence-electron chi connectivity index (χ1n) is 8.12. The van der Waals surface area contributed by atoms with Gasteiger partial charge in [-0.2, -0.15) is 0 Å². The molecule has 0 radical (unpaired) electrons. The molecule has 7 heteroatoms. The van der Waals surface area contributed by atoms with E-state index >= 15 is 0 Å². The van der Waals surface area contributed by atoms with Crippen LogP contribution in [0.1, 0.15) is 24.2 Å². The fourth-order valence-corrected chi connectivity index (χ4v) is 2.66. The molecule has 0 fully saturated rings. The molecule has 0 aromatic carbocycles. The molecule has 7 nitrogen and oxygen atoms in total. The molecule has 0 unspecified atom stereocenters. The van der Waals surface area contributed by atoms with Gasteiger partial charge in [-0.25, -0.2) is 9.78 Å². The van der Waals surface area contributed by atoms with E-state index in [9.17, 15) is 4.79 Å². The fraction of sp³-hybridized carbons (Fsp3) is 0.278. The number of hydrogen-bond donors (Lipinski definition) is 2. The minimum atomic E-state index is -0.227. The van der Waals surface area contributed by atoms with Crippen LogP contribution in [0.4, 0.5) is 4.79 Å². The highest BCUT2D eigenvalue weighted by molar-refractivity contribution is 5.74. The Hall–Kier alpha value is -3.09. The van der Waals surface area contributed by atoms with Gasteiger partial charge in [-0.1, -0.05) is 6.07 Å². The van der Waals surface area contributed by atoms with Gasteiger partial charge in [-0.3, -0.25) is 4.98 Å². The number of pyridine rings is 2. The number of hydrogen-bond acceptors (Lipinski definition) is 4. The summed E-state index contributed by atoms with van der Waals surface area (Å²) in [6.07, 6.45) is 7.91. The summed E-state index contributed by atoms with van der Waals surface area (Å²) in [4.78, 5) is 20.6. The summed E-state index contributed by atoms with van der Waals surface area (Å²) in [6, 6.07) is 7.28. The van der Waals surface area contributed by atoms with Gasteiger partial charge < -0.3 is 19.8 Å². The second-order valence-electron chi connectivity index (χ2n) is 5.69. The van der Waals surface area contributed by atoms with Crippen molar-refractivity contribution in [2.75, 3.05) is 13.7 Å².